The number of halogens is 1. The van der Waals surface area contributed by atoms with E-state index < -0.39 is 5.54 Å². The minimum atomic E-state index is -0.615. The molecule has 1 aliphatic rings. The largest absolute Gasteiger partial charge is 0.394 e. The summed E-state index contributed by atoms with van der Waals surface area (Å²) in [6.07, 6.45) is 3.38. The van der Waals surface area contributed by atoms with Crippen molar-refractivity contribution in [2.75, 3.05) is 11.9 Å². The number of fused-ring (bicyclic) bond motifs is 1. The number of carbonyl (C=O) groups excluding carboxylic acids is 2. The van der Waals surface area contributed by atoms with Crippen LogP contribution in [0.15, 0.2) is 60.7 Å². The zero-order valence-electron chi connectivity index (χ0n) is 16.5. The van der Waals surface area contributed by atoms with Crippen molar-refractivity contribution < 1.29 is 14.7 Å². The number of hydrogen-bond donors (Lipinski definition) is 3. The quantitative estimate of drug-likeness (QED) is 0.553. The lowest BCUT2D eigenvalue weighted by molar-refractivity contribution is 0.0839. The van der Waals surface area contributed by atoms with Gasteiger partial charge in [0.15, 0.2) is 0 Å². The molecule has 3 N–H and O–H groups in total. The van der Waals surface area contributed by atoms with Crippen molar-refractivity contribution in [3.63, 3.8) is 0 Å². The van der Waals surface area contributed by atoms with Gasteiger partial charge in [-0.2, -0.15) is 0 Å². The van der Waals surface area contributed by atoms with Crippen molar-refractivity contribution in [1.29, 1.82) is 0 Å². The summed E-state index contributed by atoms with van der Waals surface area (Å²) in [6, 6.07) is 18.0. The number of aliphatic hydroxyl groups excluding tert-OH is 1. The normalized spacial score (nSPS) is 15.1. The van der Waals surface area contributed by atoms with E-state index in [1.807, 2.05) is 36.4 Å². The Morgan fingerprint density at radius 1 is 0.933 bits per heavy atom. The first-order valence-corrected chi connectivity index (χ1v) is 10.4. The summed E-state index contributed by atoms with van der Waals surface area (Å²) in [5, 5.41) is 17.8. The van der Waals surface area contributed by atoms with E-state index in [1.54, 1.807) is 18.2 Å². The van der Waals surface area contributed by atoms with Crippen LogP contribution < -0.4 is 10.6 Å². The van der Waals surface area contributed by atoms with Crippen LogP contribution in [0.25, 0.3) is 10.8 Å². The van der Waals surface area contributed by atoms with Gasteiger partial charge in [0.1, 0.15) is 0 Å². The lowest BCUT2D eigenvalue weighted by Crippen LogP contribution is -2.49. The molecule has 0 saturated heterocycles. The van der Waals surface area contributed by atoms with Gasteiger partial charge in [0.05, 0.1) is 23.4 Å². The Bertz CT molecular complexity index is 1100. The van der Waals surface area contributed by atoms with Crippen LogP contribution >= 0.6 is 11.6 Å². The first kappa shape index (κ1) is 20.4. The Balaban J connectivity index is 1.63. The van der Waals surface area contributed by atoms with Crippen LogP contribution in [-0.4, -0.2) is 29.1 Å². The van der Waals surface area contributed by atoms with E-state index in [9.17, 15) is 14.7 Å². The standard InChI is InChI=1S/C24H23ClN2O3/c25-17-10-11-21(20(14-17)23(30)27-24(15-28)12-3-4-13-24)26-22(29)19-9-5-7-16-6-1-2-8-18(16)19/h1-2,5-11,14,28H,3-4,12-13,15H2,(H,26,29)(H,27,30). The van der Waals surface area contributed by atoms with Crippen LogP contribution in [0, 0.1) is 0 Å². The van der Waals surface area contributed by atoms with E-state index in [1.165, 1.54) is 6.07 Å². The molecule has 3 aromatic rings. The topological polar surface area (TPSA) is 78.4 Å². The second-order valence-electron chi connectivity index (χ2n) is 7.77. The Kier molecular flexibility index (Phi) is 5.75. The number of nitrogens with one attached hydrogen (secondary N) is 2. The van der Waals surface area contributed by atoms with Crippen molar-refractivity contribution in [3.8, 4) is 0 Å². The van der Waals surface area contributed by atoms with Crippen LogP contribution in [-0.2, 0) is 0 Å². The van der Waals surface area contributed by atoms with Crippen LogP contribution in [0.1, 0.15) is 46.4 Å². The second-order valence-corrected chi connectivity index (χ2v) is 8.21. The molecule has 0 radical (unpaired) electrons. The number of amides is 2. The SMILES string of the molecule is O=C(NC1(CO)CCCC1)c1cc(Cl)ccc1NC(=O)c1cccc2ccccc12. The molecular formula is C24H23ClN2O3. The van der Waals surface area contributed by atoms with Crippen molar-refractivity contribution >= 4 is 39.9 Å². The first-order valence-electron chi connectivity index (χ1n) is 10.0. The minimum absolute atomic E-state index is 0.114. The minimum Gasteiger partial charge on any atom is -0.394 e. The lowest BCUT2D eigenvalue weighted by Gasteiger charge is -2.28. The van der Waals surface area contributed by atoms with Crippen molar-refractivity contribution in [2.24, 2.45) is 0 Å². The summed E-state index contributed by atoms with van der Waals surface area (Å²) in [5.41, 5.74) is 0.560. The molecule has 154 valence electrons. The molecule has 2 amide bonds. The van der Waals surface area contributed by atoms with Crippen LogP contribution in [0.2, 0.25) is 5.02 Å². The zero-order chi connectivity index (χ0) is 21.1. The second kappa shape index (κ2) is 8.46. The van der Waals surface area contributed by atoms with Gasteiger partial charge in [-0.15, -0.1) is 0 Å². The third-order valence-corrected chi connectivity index (χ3v) is 5.99. The maximum Gasteiger partial charge on any atom is 0.256 e. The third-order valence-electron chi connectivity index (χ3n) is 5.75. The molecule has 1 saturated carbocycles. The third kappa shape index (κ3) is 4.04. The fourth-order valence-electron chi connectivity index (χ4n) is 4.11. The summed E-state index contributed by atoms with van der Waals surface area (Å²) in [4.78, 5) is 26.1. The molecule has 5 nitrogen and oxygen atoms in total. The first-order chi connectivity index (χ1) is 14.5. The van der Waals surface area contributed by atoms with Gasteiger partial charge in [0, 0.05) is 10.6 Å². The van der Waals surface area contributed by atoms with E-state index in [0.29, 0.717) is 16.3 Å². The lowest BCUT2D eigenvalue weighted by atomic mass is 9.98. The van der Waals surface area contributed by atoms with Gasteiger partial charge in [-0.3, -0.25) is 9.59 Å². The molecule has 4 rings (SSSR count). The van der Waals surface area contributed by atoms with E-state index in [2.05, 4.69) is 10.6 Å². The highest BCUT2D eigenvalue weighted by Crippen LogP contribution is 2.31. The van der Waals surface area contributed by atoms with E-state index in [-0.39, 0.29) is 24.0 Å². The molecule has 0 bridgehead atoms. The molecule has 1 fully saturated rings. The van der Waals surface area contributed by atoms with Gasteiger partial charge in [-0.1, -0.05) is 60.8 Å². The Labute approximate surface area is 180 Å². The fourth-order valence-corrected chi connectivity index (χ4v) is 4.28. The predicted molar refractivity (Wildman–Crippen MR) is 119 cm³/mol. The molecule has 0 unspecified atom stereocenters. The summed E-state index contributed by atoms with van der Waals surface area (Å²) in [6.45, 7) is -0.114. The summed E-state index contributed by atoms with van der Waals surface area (Å²) < 4.78 is 0. The van der Waals surface area contributed by atoms with Crippen LogP contribution in [0.3, 0.4) is 0 Å². The number of anilines is 1. The molecule has 0 aromatic heterocycles. The summed E-state index contributed by atoms with van der Waals surface area (Å²) in [5.74, 6) is -0.664. The van der Waals surface area contributed by atoms with Gasteiger partial charge >= 0.3 is 0 Å². The van der Waals surface area contributed by atoms with E-state index in [0.717, 1.165) is 36.5 Å². The number of carbonyl (C=O) groups is 2. The average molecular weight is 423 g/mol. The fraction of sp³-hybridized carbons (Fsp3) is 0.250. The summed E-state index contributed by atoms with van der Waals surface area (Å²) >= 11 is 6.14. The molecule has 30 heavy (non-hydrogen) atoms. The van der Waals surface area contributed by atoms with Crippen LogP contribution in [0.4, 0.5) is 5.69 Å². The zero-order valence-corrected chi connectivity index (χ0v) is 17.2. The highest BCUT2D eigenvalue weighted by atomic mass is 35.5. The number of hydrogen-bond acceptors (Lipinski definition) is 3. The molecule has 6 heteroatoms. The number of rotatable bonds is 5. The molecule has 0 heterocycles. The average Bonchev–Trinajstić information content (AvgIpc) is 3.23. The molecular weight excluding hydrogens is 400 g/mol. The van der Waals surface area contributed by atoms with Crippen LogP contribution in [0.5, 0.6) is 0 Å². The monoisotopic (exact) mass is 422 g/mol. The van der Waals surface area contributed by atoms with Crippen molar-refractivity contribution in [1.82, 2.24) is 5.32 Å². The summed E-state index contributed by atoms with van der Waals surface area (Å²) in [7, 11) is 0. The van der Waals surface area contributed by atoms with Gasteiger partial charge in [0.2, 0.25) is 0 Å². The Morgan fingerprint density at radius 2 is 1.67 bits per heavy atom. The maximum atomic E-state index is 13.0. The molecule has 0 atom stereocenters. The van der Waals surface area contributed by atoms with Gasteiger partial charge in [-0.05, 0) is 47.9 Å². The van der Waals surface area contributed by atoms with Gasteiger partial charge in [0.25, 0.3) is 11.8 Å². The Morgan fingerprint density at radius 3 is 2.43 bits per heavy atom. The maximum absolute atomic E-state index is 13.0. The predicted octanol–water partition coefficient (Wildman–Crippen LogP) is 4.78. The van der Waals surface area contributed by atoms with Crippen molar-refractivity contribution in [2.45, 2.75) is 31.2 Å². The molecule has 1 aliphatic carbocycles. The number of aliphatic hydroxyl groups is 1. The van der Waals surface area contributed by atoms with Gasteiger partial charge < -0.3 is 15.7 Å². The highest BCUT2D eigenvalue weighted by Gasteiger charge is 2.35. The smallest absolute Gasteiger partial charge is 0.256 e. The van der Waals surface area contributed by atoms with Crippen molar-refractivity contribution in [3.05, 3.63) is 76.8 Å². The molecule has 0 spiro atoms. The van der Waals surface area contributed by atoms with E-state index >= 15 is 0 Å². The Hall–Kier alpha value is -2.89. The van der Waals surface area contributed by atoms with E-state index in [4.69, 9.17) is 11.6 Å². The molecule has 0 aliphatic heterocycles. The number of benzene rings is 3. The molecule has 3 aromatic carbocycles. The van der Waals surface area contributed by atoms with Gasteiger partial charge in [-0.25, -0.2) is 0 Å². The highest BCUT2D eigenvalue weighted by molar-refractivity contribution is 6.31.